The number of nitrogens with one attached hydrogen (secondary N) is 1. The topological polar surface area (TPSA) is 129 Å². The fourth-order valence-electron chi connectivity index (χ4n) is 5.04. The first-order chi connectivity index (χ1) is 18.9. The molecular formula is C28H28N8O2S. The summed E-state index contributed by atoms with van der Waals surface area (Å²) in [5.74, 6) is 0.715. The number of carbonyl (C=O) groups is 2. The van der Waals surface area contributed by atoms with Gasteiger partial charge in [-0.05, 0) is 63.3 Å². The van der Waals surface area contributed by atoms with Crippen LogP contribution in [0.15, 0.2) is 36.7 Å². The van der Waals surface area contributed by atoms with Crippen LogP contribution in [0.3, 0.4) is 0 Å². The van der Waals surface area contributed by atoms with E-state index in [0.29, 0.717) is 46.6 Å². The molecular weight excluding hydrogens is 512 g/mol. The molecule has 4 aromatic heterocycles. The second-order valence-corrected chi connectivity index (χ2v) is 11.6. The largest absolute Gasteiger partial charge is 0.382 e. The lowest BCUT2D eigenvalue weighted by atomic mass is 10.00. The van der Waals surface area contributed by atoms with E-state index >= 15 is 0 Å². The second-order valence-electron chi connectivity index (χ2n) is 10.6. The van der Waals surface area contributed by atoms with Gasteiger partial charge in [0, 0.05) is 43.4 Å². The molecule has 2 fully saturated rings. The maximum absolute atomic E-state index is 13.2. The molecule has 0 bridgehead atoms. The van der Waals surface area contributed by atoms with Crippen LogP contribution in [-0.2, 0) is 4.79 Å². The fraction of sp³-hybridized carbons (Fsp3) is 0.393. The molecule has 0 aromatic carbocycles. The van der Waals surface area contributed by atoms with Gasteiger partial charge in [0.05, 0.1) is 34.2 Å². The molecule has 10 nitrogen and oxygen atoms in total. The van der Waals surface area contributed by atoms with Gasteiger partial charge >= 0.3 is 0 Å². The van der Waals surface area contributed by atoms with E-state index in [4.69, 9.17) is 4.98 Å². The third kappa shape index (κ3) is 5.12. The number of hydrogen-bond donors (Lipinski definition) is 1. The Hall–Kier alpha value is -4.17. The van der Waals surface area contributed by atoms with E-state index in [1.807, 2.05) is 32.0 Å². The third-order valence-corrected chi connectivity index (χ3v) is 8.12. The summed E-state index contributed by atoms with van der Waals surface area (Å²) in [6, 6.07) is 9.82. The number of pyridine rings is 1. The Morgan fingerprint density at radius 1 is 1.18 bits per heavy atom. The molecule has 1 atom stereocenters. The van der Waals surface area contributed by atoms with Crippen LogP contribution < -0.4 is 5.32 Å². The molecule has 198 valence electrons. The zero-order valence-corrected chi connectivity index (χ0v) is 22.6. The predicted octanol–water partition coefficient (Wildman–Crippen LogP) is 4.44. The first kappa shape index (κ1) is 25.1. The number of anilines is 1. The highest BCUT2D eigenvalue weighted by molar-refractivity contribution is 7.16. The van der Waals surface area contributed by atoms with E-state index in [0.717, 1.165) is 41.7 Å². The van der Waals surface area contributed by atoms with E-state index in [1.54, 1.807) is 21.7 Å². The number of likely N-dealkylation sites (tertiary alicyclic amines) is 1. The summed E-state index contributed by atoms with van der Waals surface area (Å²) in [5, 5.41) is 26.6. The predicted molar refractivity (Wildman–Crippen MR) is 147 cm³/mol. The number of nitriles is 1. The summed E-state index contributed by atoms with van der Waals surface area (Å²) in [6.07, 6.45) is 6.74. The number of amides is 1. The van der Waals surface area contributed by atoms with Gasteiger partial charge in [-0.15, -0.1) is 10.2 Å². The van der Waals surface area contributed by atoms with Gasteiger partial charge in [0.2, 0.25) is 5.01 Å². The standard InChI is InChI=1S/C28H28N8O2S/c1-16(2)32-22-11-23(24-6-5-20-9-18(12-29)13-31-36(20)24)30-14-21(22)26-33-34-27(39-26)28(38)35-8-7-17(15-35)10-25(37)19-3-4-19/h5-6,9,11,13-14,16-17,19H,3-4,7-8,10,15H2,1-2H3,(H,30,32)/t17-/m1/s1. The molecule has 1 saturated carbocycles. The van der Waals surface area contributed by atoms with Gasteiger partial charge in [-0.25, -0.2) is 4.52 Å². The zero-order chi connectivity index (χ0) is 27.1. The van der Waals surface area contributed by atoms with Gasteiger partial charge in [-0.3, -0.25) is 14.6 Å². The van der Waals surface area contributed by atoms with E-state index < -0.39 is 0 Å². The summed E-state index contributed by atoms with van der Waals surface area (Å²) < 4.78 is 1.76. The molecule has 39 heavy (non-hydrogen) atoms. The number of aromatic nitrogens is 5. The van der Waals surface area contributed by atoms with Crippen molar-refractivity contribution in [3.05, 3.63) is 47.2 Å². The third-order valence-electron chi connectivity index (χ3n) is 7.17. The molecule has 2 aliphatic rings. The molecule has 1 aliphatic carbocycles. The average Bonchev–Trinajstić information content (AvgIpc) is 3.30. The number of hydrogen-bond acceptors (Lipinski definition) is 9. The quantitative estimate of drug-likeness (QED) is 0.347. The number of ketones is 1. The van der Waals surface area contributed by atoms with Crippen LogP contribution in [0.25, 0.3) is 27.5 Å². The van der Waals surface area contributed by atoms with Crippen LogP contribution in [0.4, 0.5) is 5.69 Å². The Labute approximate surface area is 229 Å². The van der Waals surface area contributed by atoms with E-state index in [-0.39, 0.29) is 23.8 Å². The van der Waals surface area contributed by atoms with E-state index in [2.05, 4.69) is 26.7 Å². The number of carbonyl (C=O) groups excluding carboxylic acids is 2. The molecule has 5 heterocycles. The minimum Gasteiger partial charge on any atom is -0.382 e. The first-order valence-corrected chi connectivity index (χ1v) is 14.0. The summed E-state index contributed by atoms with van der Waals surface area (Å²) in [4.78, 5) is 31.9. The smallest absolute Gasteiger partial charge is 0.284 e. The number of rotatable bonds is 8. The van der Waals surface area contributed by atoms with Gasteiger partial charge in [0.15, 0.2) is 5.01 Å². The monoisotopic (exact) mass is 540 g/mol. The molecule has 1 aliphatic heterocycles. The van der Waals surface area contributed by atoms with Crippen molar-refractivity contribution >= 4 is 34.2 Å². The van der Waals surface area contributed by atoms with Gasteiger partial charge in [-0.1, -0.05) is 11.3 Å². The normalized spacial score (nSPS) is 17.1. The molecule has 11 heteroatoms. The minimum absolute atomic E-state index is 0.134. The lowest BCUT2D eigenvalue weighted by Crippen LogP contribution is -2.29. The summed E-state index contributed by atoms with van der Waals surface area (Å²) in [5.41, 5.74) is 4.40. The molecule has 4 aromatic rings. The van der Waals surface area contributed by atoms with Crippen molar-refractivity contribution < 1.29 is 9.59 Å². The number of fused-ring (bicyclic) bond motifs is 1. The highest BCUT2D eigenvalue weighted by Crippen LogP contribution is 2.36. The molecule has 1 saturated heterocycles. The Balaban J connectivity index is 1.24. The molecule has 0 unspecified atom stereocenters. The second kappa shape index (κ2) is 10.2. The first-order valence-electron chi connectivity index (χ1n) is 13.2. The zero-order valence-electron chi connectivity index (χ0n) is 21.8. The van der Waals surface area contributed by atoms with Crippen LogP contribution in [-0.4, -0.2) is 60.5 Å². The summed E-state index contributed by atoms with van der Waals surface area (Å²) in [7, 11) is 0. The average molecular weight is 541 g/mol. The van der Waals surface area contributed by atoms with Gasteiger partial charge in [0.1, 0.15) is 11.9 Å². The van der Waals surface area contributed by atoms with E-state index in [9.17, 15) is 14.9 Å². The Kier molecular flexibility index (Phi) is 6.56. The number of Topliss-reactive ketones (excluding diaryl/α,β-unsaturated/α-hetero) is 1. The van der Waals surface area contributed by atoms with Gasteiger partial charge in [-0.2, -0.15) is 10.4 Å². The fourth-order valence-corrected chi connectivity index (χ4v) is 5.88. The molecule has 0 radical (unpaired) electrons. The molecule has 1 N–H and O–H groups in total. The highest BCUT2D eigenvalue weighted by atomic mass is 32.1. The summed E-state index contributed by atoms with van der Waals surface area (Å²) in [6.45, 7) is 5.34. The Morgan fingerprint density at radius 3 is 2.79 bits per heavy atom. The Morgan fingerprint density at radius 2 is 2.03 bits per heavy atom. The lowest BCUT2D eigenvalue weighted by molar-refractivity contribution is -0.121. The van der Waals surface area contributed by atoms with Crippen LogP contribution in [0.1, 0.15) is 54.9 Å². The van der Waals surface area contributed by atoms with Crippen LogP contribution in [0.5, 0.6) is 0 Å². The number of nitrogens with zero attached hydrogens (tertiary/aromatic N) is 7. The molecule has 0 spiro atoms. The SMILES string of the molecule is CC(C)Nc1cc(-c2ccc3cc(C#N)cnn23)ncc1-c1nnc(C(=O)N2CC[C@H](CC(=O)C3CC3)C2)s1. The van der Waals surface area contributed by atoms with Gasteiger partial charge < -0.3 is 10.2 Å². The van der Waals surface area contributed by atoms with Gasteiger partial charge in [0.25, 0.3) is 5.91 Å². The van der Waals surface area contributed by atoms with E-state index in [1.165, 1.54) is 17.5 Å². The maximum Gasteiger partial charge on any atom is 0.284 e. The van der Waals surface area contributed by atoms with Crippen molar-refractivity contribution in [1.29, 1.82) is 5.26 Å². The maximum atomic E-state index is 13.2. The van der Waals surface area contributed by atoms with Crippen molar-refractivity contribution in [3.8, 4) is 28.0 Å². The van der Waals surface area contributed by atoms with Crippen molar-refractivity contribution in [2.24, 2.45) is 11.8 Å². The van der Waals surface area contributed by atoms with Crippen LogP contribution in [0, 0.1) is 23.2 Å². The van der Waals surface area contributed by atoms with Crippen LogP contribution >= 0.6 is 11.3 Å². The highest BCUT2D eigenvalue weighted by Gasteiger charge is 2.35. The molecule has 6 rings (SSSR count). The summed E-state index contributed by atoms with van der Waals surface area (Å²) >= 11 is 1.25. The van der Waals surface area contributed by atoms with Crippen molar-refractivity contribution in [1.82, 2.24) is 29.7 Å². The lowest BCUT2D eigenvalue weighted by Gasteiger charge is -2.15. The van der Waals surface area contributed by atoms with Crippen LogP contribution in [0.2, 0.25) is 0 Å². The minimum atomic E-state index is -0.134. The Bertz CT molecular complexity index is 1610. The molecule has 1 amide bonds. The van der Waals surface area contributed by atoms with Crippen molar-refractivity contribution in [2.75, 3.05) is 18.4 Å². The van der Waals surface area contributed by atoms with Crippen molar-refractivity contribution in [3.63, 3.8) is 0 Å². The van der Waals surface area contributed by atoms with Crippen molar-refractivity contribution in [2.45, 2.75) is 45.6 Å².